The summed E-state index contributed by atoms with van der Waals surface area (Å²) in [5, 5.41) is 22.0. The molecular formula is C21H28O6. The average molecular weight is 376 g/mol. The van der Waals surface area contributed by atoms with E-state index in [0.29, 0.717) is 18.4 Å². The van der Waals surface area contributed by atoms with Crippen LogP contribution in [-0.4, -0.2) is 46.6 Å². The Morgan fingerprint density at radius 1 is 1.15 bits per heavy atom. The molecule has 0 aromatic heterocycles. The second-order valence-electron chi connectivity index (χ2n) is 9.91. The third-order valence-electron chi connectivity index (χ3n) is 8.04. The molecule has 1 spiro atoms. The average Bonchev–Trinajstić information content (AvgIpc) is 3.25. The lowest BCUT2D eigenvalue weighted by molar-refractivity contribution is -0.164. The number of carbonyl (C=O) groups is 3. The van der Waals surface area contributed by atoms with Crippen LogP contribution in [0.5, 0.6) is 0 Å². The minimum absolute atomic E-state index is 0.111. The highest BCUT2D eigenvalue weighted by Gasteiger charge is 2.72. The fraction of sp³-hybridized carbons (Fsp3) is 0.762. The van der Waals surface area contributed by atoms with E-state index in [0.717, 1.165) is 12.8 Å². The Hall–Kier alpha value is -1.53. The highest BCUT2D eigenvalue weighted by molar-refractivity contribution is 6.19. The summed E-state index contributed by atoms with van der Waals surface area (Å²) in [5.41, 5.74) is -1.73. The van der Waals surface area contributed by atoms with Crippen LogP contribution in [0.25, 0.3) is 0 Å². The van der Waals surface area contributed by atoms with Gasteiger partial charge in [0.1, 0.15) is 6.10 Å². The van der Waals surface area contributed by atoms with Crippen molar-refractivity contribution in [2.45, 2.75) is 71.7 Å². The fourth-order valence-corrected chi connectivity index (χ4v) is 6.76. The molecule has 0 radical (unpaired) electrons. The molecule has 27 heavy (non-hydrogen) atoms. The second-order valence-corrected chi connectivity index (χ2v) is 9.91. The molecule has 0 bridgehead atoms. The predicted octanol–water partition coefficient (Wildman–Crippen LogP) is 1.57. The molecule has 0 amide bonds. The summed E-state index contributed by atoms with van der Waals surface area (Å²) in [4.78, 5) is 38.0. The van der Waals surface area contributed by atoms with Gasteiger partial charge in [-0.3, -0.25) is 14.4 Å². The topological polar surface area (TPSA) is 101 Å². The van der Waals surface area contributed by atoms with Gasteiger partial charge in [-0.25, -0.2) is 0 Å². The fourth-order valence-electron chi connectivity index (χ4n) is 6.76. The van der Waals surface area contributed by atoms with E-state index in [4.69, 9.17) is 4.74 Å². The summed E-state index contributed by atoms with van der Waals surface area (Å²) in [5.74, 6) is -1.21. The van der Waals surface area contributed by atoms with Gasteiger partial charge < -0.3 is 14.9 Å². The highest BCUT2D eigenvalue weighted by Crippen LogP contribution is 2.66. The van der Waals surface area contributed by atoms with Crippen molar-refractivity contribution in [3.63, 3.8) is 0 Å². The van der Waals surface area contributed by atoms with E-state index >= 15 is 0 Å². The van der Waals surface area contributed by atoms with Crippen molar-refractivity contribution in [2.24, 2.45) is 28.1 Å². The molecule has 2 N–H and O–H groups in total. The maximum absolute atomic E-state index is 13.4. The van der Waals surface area contributed by atoms with Gasteiger partial charge in [0, 0.05) is 22.5 Å². The molecule has 2 saturated carbocycles. The molecule has 0 saturated heterocycles. The van der Waals surface area contributed by atoms with E-state index in [9.17, 15) is 24.6 Å². The number of aliphatic hydroxyl groups is 2. The zero-order valence-electron chi connectivity index (χ0n) is 16.3. The lowest BCUT2D eigenvalue weighted by Crippen LogP contribution is -2.63. The minimum Gasteiger partial charge on any atom is -0.457 e. The van der Waals surface area contributed by atoms with E-state index in [1.54, 1.807) is 0 Å². The minimum atomic E-state index is -1.35. The predicted molar refractivity (Wildman–Crippen MR) is 95.4 cm³/mol. The van der Waals surface area contributed by atoms with Crippen LogP contribution in [0, 0.1) is 28.1 Å². The van der Waals surface area contributed by atoms with Crippen molar-refractivity contribution < 1.29 is 29.3 Å². The molecule has 4 rings (SSSR count). The normalized spacial score (nSPS) is 48.1. The molecule has 0 aliphatic heterocycles. The number of aliphatic hydroxyl groups excluding tert-OH is 2. The van der Waals surface area contributed by atoms with Gasteiger partial charge in [-0.2, -0.15) is 0 Å². The van der Waals surface area contributed by atoms with Crippen molar-refractivity contribution in [2.75, 3.05) is 0 Å². The maximum atomic E-state index is 13.4. The Labute approximate surface area is 159 Å². The molecule has 7 atom stereocenters. The maximum Gasteiger partial charge on any atom is 0.293 e. The van der Waals surface area contributed by atoms with Crippen molar-refractivity contribution >= 4 is 18.0 Å². The largest absolute Gasteiger partial charge is 0.457 e. The highest BCUT2D eigenvalue weighted by atomic mass is 16.5. The van der Waals surface area contributed by atoms with Crippen molar-refractivity contribution in [1.82, 2.24) is 0 Å². The zero-order valence-corrected chi connectivity index (χ0v) is 16.3. The lowest BCUT2D eigenvalue weighted by atomic mass is 9.46. The van der Waals surface area contributed by atoms with Crippen LogP contribution >= 0.6 is 0 Å². The monoisotopic (exact) mass is 376 g/mol. The molecule has 6 nitrogen and oxygen atoms in total. The molecule has 6 heteroatoms. The first-order valence-corrected chi connectivity index (χ1v) is 9.83. The molecule has 2 fully saturated rings. The molecule has 0 aromatic carbocycles. The van der Waals surface area contributed by atoms with Crippen molar-refractivity contribution in [1.29, 1.82) is 0 Å². The van der Waals surface area contributed by atoms with Crippen molar-refractivity contribution in [3.8, 4) is 0 Å². The number of carbonyl (C=O) groups excluding carboxylic acids is 3. The van der Waals surface area contributed by atoms with Gasteiger partial charge in [0.2, 0.25) is 0 Å². The number of ketones is 2. The molecule has 4 aliphatic carbocycles. The van der Waals surface area contributed by atoms with Crippen LogP contribution in [0.2, 0.25) is 0 Å². The second kappa shape index (κ2) is 5.51. The lowest BCUT2D eigenvalue weighted by Gasteiger charge is -2.58. The summed E-state index contributed by atoms with van der Waals surface area (Å²) in [6.07, 6.45) is -0.749. The van der Waals surface area contributed by atoms with Gasteiger partial charge in [-0.05, 0) is 30.6 Å². The van der Waals surface area contributed by atoms with Gasteiger partial charge in [-0.1, -0.05) is 34.1 Å². The number of rotatable bonds is 2. The van der Waals surface area contributed by atoms with Crippen LogP contribution in [0.3, 0.4) is 0 Å². The van der Waals surface area contributed by atoms with Crippen LogP contribution in [-0.2, 0) is 19.1 Å². The Kier molecular flexibility index (Phi) is 3.84. The summed E-state index contributed by atoms with van der Waals surface area (Å²) < 4.78 is 5.22. The molecule has 148 valence electrons. The summed E-state index contributed by atoms with van der Waals surface area (Å²) >= 11 is 0. The van der Waals surface area contributed by atoms with Crippen LogP contribution < -0.4 is 0 Å². The molecular weight excluding hydrogens is 348 g/mol. The van der Waals surface area contributed by atoms with E-state index in [-0.39, 0.29) is 35.1 Å². The Morgan fingerprint density at radius 2 is 1.78 bits per heavy atom. The molecule has 0 heterocycles. The van der Waals surface area contributed by atoms with Crippen molar-refractivity contribution in [3.05, 3.63) is 11.1 Å². The Bertz CT molecular complexity index is 767. The van der Waals surface area contributed by atoms with E-state index in [1.807, 2.05) is 27.7 Å². The SMILES string of the molecule is C[C@@H]1C[C@]12C(=O)C1=C(C(=O)[C@@H]2O)[C@@]2(C)CCCC(C)(C)[C@@H]2[C@H](O)[C@H]1OC=O. The van der Waals surface area contributed by atoms with Crippen LogP contribution in [0.15, 0.2) is 11.1 Å². The molecule has 0 aromatic rings. The first-order chi connectivity index (χ1) is 12.5. The summed E-state index contributed by atoms with van der Waals surface area (Å²) in [7, 11) is 0. The van der Waals surface area contributed by atoms with Crippen LogP contribution in [0.1, 0.15) is 53.4 Å². The smallest absolute Gasteiger partial charge is 0.293 e. The van der Waals surface area contributed by atoms with E-state index in [1.165, 1.54) is 0 Å². The summed E-state index contributed by atoms with van der Waals surface area (Å²) in [6, 6.07) is 0. The number of Topliss-reactive ketones (excluding diaryl/α,β-unsaturated/α-hetero) is 2. The van der Waals surface area contributed by atoms with Gasteiger partial charge >= 0.3 is 0 Å². The van der Waals surface area contributed by atoms with Crippen LogP contribution in [0.4, 0.5) is 0 Å². The quantitative estimate of drug-likeness (QED) is 0.710. The van der Waals surface area contributed by atoms with Gasteiger partial charge in [0.15, 0.2) is 17.7 Å². The number of ether oxygens (including phenoxy) is 1. The number of fused-ring (bicyclic) bond motifs is 2. The van der Waals surface area contributed by atoms with Gasteiger partial charge in [0.25, 0.3) is 6.47 Å². The first-order valence-electron chi connectivity index (χ1n) is 9.83. The number of hydrogen-bond acceptors (Lipinski definition) is 6. The third-order valence-corrected chi connectivity index (χ3v) is 8.04. The van der Waals surface area contributed by atoms with E-state index < -0.39 is 34.9 Å². The standard InChI is InChI=1S/C21H28O6/c1-10-8-21(10)17(25)11-12(13(23)18(21)26)20(4)7-5-6-19(2,3)16(20)14(24)15(11)27-9-22/h9-10,14-16,18,24,26H,5-8H2,1-4H3/t10-,14-,15+,16+,18+,20-,21-/m1/s1. The number of hydrogen-bond donors (Lipinski definition) is 2. The van der Waals surface area contributed by atoms with Gasteiger partial charge in [0.05, 0.1) is 11.5 Å². The van der Waals surface area contributed by atoms with Gasteiger partial charge in [-0.15, -0.1) is 0 Å². The summed E-state index contributed by atoms with van der Waals surface area (Å²) in [6.45, 7) is 8.07. The van der Waals surface area contributed by atoms with E-state index in [2.05, 4.69) is 0 Å². The Balaban J connectivity index is 1.98. The zero-order chi connectivity index (χ0) is 19.9. The molecule has 4 aliphatic rings. The third kappa shape index (κ3) is 2.11. The molecule has 0 unspecified atom stereocenters. The Morgan fingerprint density at radius 3 is 2.33 bits per heavy atom. The first kappa shape index (κ1) is 18.8.